The number of benzene rings is 1. The average molecular weight is 352 g/mol. The molecule has 1 aliphatic heterocycles. The molecule has 0 aliphatic carbocycles. The molecule has 0 radical (unpaired) electrons. The molecule has 0 atom stereocenters. The Labute approximate surface area is 150 Å². The number of nitrogens with one attached hydrogen (secondary N) is 1. The molecule has 3 aromatic rings. The van der Waals surface area contributed by atoms with Crippen LogP contribution >= 0.6 is 0 Å². The Morgan fingerprint density at radius 3 is 2.58 bits per heavy atom. The maximum Gasteiger partial charge on any atom is 0.331 e. The molecule has 3 heterocycles. The Kier molecular flexibility index (Phi) is 3.79. The molecule has 26 heavy (non-hydrogen) atoms. The number of carboxylic acid groups (broad SMARTS) is 1. The van der Waals surface area contributed by atoms with Crippen molar-refractivity contribution in [3.63, 3.8) is 0 Å². The van der Waals surface area contributed by atoms with Gasteiger partial charge in [-0.25, -0.2) is 4.79 Å². The molecule has 2 aromatic heterocycles. The number of hydrogen-bond donors (Lipinski definition) is 2. The van der Waals surface area contributed by atoms with Crippen molar-refractivity contribution in [2.45, 2.75) is 25.3 Å². The number of aromatic amines is 1. The van der Waals surface area contributed by atoms with Gasteiger partial charge in [-0.3, -0.25) is 9.48 Å². The van der Waals surface area contributed by atoms with Crippen molar-refractivity contribution in [3.8, 4) is 0 Å². The summed E-state index contributed by atoms with van der Waals surface area (Å²) in [4.78, 5) is 29.7. The van der Waals surface area contributed by atoms with Gasteiger partial charge in [0.15, 0.2) is 5.54 Å². The Bertz CT molecular complexity index is 947. The van der Waals surface area contributed by atoms with Crippen LogP contribution in [0.1, 0.15) is 28.9 Å². The molecular weight excluding hydrogens is 332 g/mol. The number of hydrogen-bond acceptors (Lipinski definition) is 3. The Morgan fingerprint density at radius 1 is 1.23 bits per heavy atom. The van der Waals surface area contributed by atoms with Gasteiger partial charge in [0.1, 0.15) is 5.69 Å². The smallest absolute Gasteiger partial charge is 0.331 e. The van der Waals surface area contributed by atoms with Gasteiger partial charge < -0.3 is 15.0 Å². The monoisotopic (exact) mass is 352 g/mol. The number of nitrogens with zero attached hydrogens (tertiary/aromatic N) is 3. The van der Waals surface area contributed by atoms with Gasteiger partial charge in [-0.15, -0.1) is 0 Å². The molecule has 0 bridgehead atoms. The van der Waals surface area contributed by atoms with Crippen LogP contribution in [0.15, 0.2) is 42.7 Å². The maximum atomic E-state index is 12.8. The van der Waals surface area contributed by atoms with E-state index in [9.17, 15) is 14.7 Å². The molecule has 1 aliphatic rings. The lowest BCUT2D eigenvalue weighted by Gasteiger charge is -2.38. The highest BCUT2D eigenvalue weighted by Gasteiger charge is 2.45. The minimum absolute atomic E-state index is 0.100. The lowest BCUT2D eigenvalue weighted by atomic mass is 9.87. The molecule has 0 unspecified atom stereocenters. The molecule has 134 valence electrons. The van der Waals surface area contributed by atoms with E-state index < -0.39 is 11.5 Å². The molecule has 4 rings (SSSR count). The predicted octanol–water partition coefficient (Wildman–Crippen LogP) is 2.39. The van der Waals surface area contributed by atoms with Crippen molar-refractivity contribution < 1.29 is 14.7 Å². The van der Waals surface area contributed by atoms with Crippen LogP contribution in [0.4, 0.5) is 0 Å². The molecule has 1 fully saturated rings. The maximum absolute atomic E-state index is 12.8. The van der Waals surface area contributed by atoms with Crippen molar-refractivity contribution >= 4 is 22.8 Å². The summed E-state index contributed by atoms with van der Waals surface area (Å²) in [7, 11) is 0. The zero-order valence-corrected chi connectivity index (χ0v) is 14.5. The summed E-state index contributed by atoms with van der Waals surface area (Å²) in [6, 6.07) is 9.57. The van der Waals surface area contributed by atoms with Gasteiger partial charge in [0, 0.05) is 43.0 Å². The fourth-order valence-electron chi connectivity index (χ4n) is 3.63. The molecule has 7 nitrogen and oxygen atoms in total. The number of H-pyrrole nitrogens is 1. The average Bonchev–Trinajstić information content (AvgIpc) is 3.27. The van der Waals surface area contributed by atoms with E-state index in [2.05, 4.69) is 10.1 Å². The molecule has 0 saturated carbocycles. The van der Waals surface area contributed by atoms with Crippen LogP contribution in [0.3, 0.4) is 0 Å². The molecule has 7 heteroatoms. The van der Waals surface area contributed by atoms with Crippen molar-refractivity contribution in [1.82, 2.24) is 19.7 Å². The van der Waals surface area contributed by atoms with Crippen molar-refractivity contribution in [2.24, 2.45) is 0 Å². The zero-order chi connectivity index (χ0) is 18.3. The number of aliphatic carboxylic acids is 1. The summed E-state index contributed by atoms with van der Waals surface area (Å²) in [6.45, 7) is 2.63. The second-order valence-electron chi connectivity index (χ2n) is 6.86. The summed E-state index contributed by atoms with van der Waals surface area (Å²) in [5.74, 6) is -1.00. The number of para-hydroxylation sites is 1. The predicted molar refractivity (Wildman–Crippen MR) is 96.0 cm³/mol. The van der Waals surface area contributed by atoms with Gasteiger partial charge in [-0.2, -0.15) is 5.10 Å². The van der Waals surface area contributed by atoms with Crippen molar-refractivity contribution in [1.29, 1.82) is 0 Å². The standard InChI is InChI=1S/C19H20N4O3/c1-13-11-20-23(12-13)19(18(25)26)6-8-22(9-7-19)17(24)16-10-14-4-2-3-5-15(14)21-16/h2-5,10-12,21H,6-9H2,1H3,(H,25,26). The lowest BCUT2D eigenvalue weighted by Crippen LogP contribution is -2.52. The largest absolute Gasteiger partial charge is 0.479 e. The number of amides is 1. The van der Waals surface area contributed by atoms with Crippen molar-refractivity contribution in [2.75, 3.05) is 13.1 Å². The molecule has 0 spiro atoms. The van der Waals surface area contributed by atoms with E-state index in [-0.39, 0.29) is 5.91 Å². The topological polar surface area (TPSA) is 91.2 Å². The fraction of sp³-hybridized carbons (Fsp3) is 0.316. The van der Waals surface area contributed by atoms with Gasteiger partial charge in [-0.05, 0) is 24.6 Å². The first kappa shape index (κ1) is 16.4. The first-order chi connectivity index (χ1) is 12.5. The second kappa shape index (κ2) is 6.01. The number of carboxylic acids is 1. The summed E-state index contributed by atoms with van der Waals surface area (Å²) in [5, 5.41) is 15.0. The molecule has 1 aromatic carbocycles. The van der Waals surface area contributed by atoms with E-state index in [1.165, 1.54) is 4.68 Å². The number of carbonyl (C=O) groups excluding carboxylic acids is 1. The molecule has 1 saturated heterocycles. The zero-order valence-electron chi connectivity index (χ0n) is 14.5. The fourth-order valence-corrected chi connectivity index (χ4v) is 3.63. The number of carbonyl (C=O) groups is 2. The number of likely N-dealkylation sites (tertiary alicyclic amines) is 1. The molecule has 1 amide bonds. The Balaban J connectivity index is 1.55. The number of aromatic nitrogens is 3. The summed E-state index contributed by atoms with van der Waals surface area (Å²) >= 11 is 0. The van der Waals surface area contributed by atoms with E-state index >= 15 is 0 Å². The van der Waals surface area contributed by atoms with Crippen LogP contribution in [-0.4, -0.2) is 49.7 Å². The first-order valence-corrected chi connectivity index (χ1v) is 8.62. The van der Waals surface area contributed by atoms with E-state index in [0.29, 0.717) is 31.6 Å². The summed E-state index contributed by atoms with van der Waals surface area (Å²) in [5.41, 5.74) is 1.27. The second-order valence-corrected chi connectivity index (χ2v) is 6.86. The minimum Gasteiger partial charge on any atom is -0.479 e. The number of fused-ring (bicyclic) bond motifs is 1. The van der Waals surface area contributed by atoms with E-state index in [1.807, 2.05) is 37.3 Å². The number of rotatable bonds is 3. The van der Waals surface area contributed by atoms with Crippen LogP contribution in [0, 0.1) is 6.92 Å². The van der Waals surface area contributed by atoms with Crippen LogP contribution < -0.4 is 0 Å². The van der Waals surface area contributed by atoms with Crippen molar-refractivity contribution in [3.05, 3.63) is 54.0 Å². The van der Waals surface area contributed by atoms with Crippen LogP contribution in [0.2, 0.25) is 0 Å². The highest BCUT2D eigenvalue weighted by molar-refractivity contribution is 5.98. The lowest BCUT2D eigenvalue weighted by molar-refractivity contribution is -0.150. The Hall–Kier alpha value is -3.09. The third-order valence-corrected chi connectivity index (χ3v) is 5.19. The van der Waals surface area contributed by atoms with Gasteiger partial charge in [0.2, 0.25) is 0 Å². The van der Waals surface area contributed by atoms with E-state index in [1.54, 1.807) is 17.3 Å². The Morgan fingerprint density at radius 2 is 1.96 bits per heavy atom. The third-order valence-electron chi connectivity index (χ3n) is 5.19. The minimum atomic E-state index is -1.09. The number of aryl methyl sites for hydroxylation is 1. The third kappa shape index (κ3) is 2.56. The van der Waals surface area contributed by atoms with Crippen LogP contribution in [-0.2, 0) is 10.3 Å². The quantitative estimate of drug-likeness (QED) is 0.757. The van der Waals surface area contributed by atoms with Crippen LogP contribution in [0.5, 0.6) is 0 Å². The van der Waals surface area contributed by atoms with Gasteiger partial charge in [0.25, 0.3) is 5.91 Å². The summed E-state index contributed by atoms with van der Waals surface area (Å²) < 4.78 is 1.54. The van der Waals surface area contributed by atoms with Crippen LogP contribution in [0.25, 0.3) is 10.9 Å². The number of piperidine rings is 1. The molecule has 2 N–H and O–H groups in total. The highest BCUT2D eigenvalue weighted by Crippen LogP contribution is 2.31. The van der Waals surface area contributed by atoms with E-state index in [0.717, 1.165) is 16.5 Å². The van der Waals surface area contributed by atoms with Gasteiger partial charge >= 0.3 is 5.97 Å². The van der Waals surface area contributed by atoms with Gasteiger partial charge in [-0.1, -0.05) is 18.2 Å². The normalized spacial score (nSPS) is 16.7. The van der Waals surface area contributed by atoms with Gasteiger partial charge in [0.05, 0.1) is 6.20 Å². The summed E-state index contributed by atoms with van der Waals surface area (Å²) in [6.07, 6.45) is 4.07. The van der Waals surface area contributed by atoms with E-state index in [4.69, 9.17) is 0 Å². The first-order valence-electron chi connectivity index (χ1n) is 8.62. The molecular formula is C19H20N4O3. The highest BCUT2D eigenvalue weighted by atomic mass is 16.4. The SMILES string of the molecule is Cc1cnn(C2(C(=O)O)CCN(C(=O)c3cc4ccccc4[nH]3)CC2)c1.